The van der Waals surface area contributed by atoms with Crippen LogP contribution in [0.2, 0.25) is 0 Å². The Balaban J connectivity index is 1.44. The second-order valence-electron chi connectivity index (χ2n) is 15.7. The summed E-state index contributed by atoms with van der Waals surface area (Å²) in [5, 5.41) is 16.7. The summed E-state index contributed by atoms with van der Waals surface area (Å²) in [6.07, 6.45) is 3.75. The van der Waals surface area contributed by atoms with Crippen LogP contribution in [0.1, 0.15) is 89.8 Å². The van der Waals surface area contributed by atoms with Crippen molar-refractivity contribution in [2.24, 2.45) is 16.7 Å². The molecule has 51 heavy (non-hydrogen) atoms. The number of rotatable bonds is 8. The van der Waals surface area contributed by atoms with Gasteiger partial charge in [-0.15, -0.1) is 6.58 Å². The molecule has 280 valence electrons. The van der Waals surface area contributed by atoms with Crippen molar-refractivity contribution >= 4 is 30.3 Å². The summed E-state index contributed by atoms with van der Waals surface area (Å²) in [5.41, 5.74) is 1.18. The van der Waals surface area contributed by atoms with Crippen molar-refractivity contribution in [2.75, 3.05) is 19.8 Å². The highest BCUT2D eigenvalue weighted by molar-refractivity contribution is 5.93. The quantitative estimate of drug-likeness (QED) is 0.206. The Morgan fingerprint density at radius 1 is 1.22 bits per heavy atom. The number of nitrogens with one attached hydrogen (secondary N) is 2. The van der Waals surface area contributed by atoms with Crippen molar-refractivity contribution in [2.45, 2.75) is 123 Å². The van der Waals surface area contributed by atoms with Gasteiger partial charge in [-0.2, -0.15) is 0 Å². The Morgan fingerprint density at radius 2 is 1.96 bits per heavy atom. The molecule has 3 unspecified atom stereocenters. The predicted molar refractivity (Wildman–Crippen MR) is 187 cm³/mol. The minimum Gasteiger partial charge on any atom is -0.449 e. The van der Waals surface area contributed by atoms with Crippen LogP contribution in [0.5, 0.6) is 0 Å². The number of carbonyl (C=O) groups is 5. The van der Waals surface area contributed by atoms with E-state index in [2.05, 4.69) is 23.3 Å². The largest absolute Gasteiger partial charge is 0.449 e. The molecule has 1 aliphatic carbocycles. The number of hydrogen-bond acceptors (Lipinski definition) is 9. The second kappa shape index (κ2) is 15.3. The smallest absolute Gasteiger partial charge is 0.410 e. The summed E-state index contributed by atoms with van der Waals surface area (Å²) in [6, 6.07) is 3.03. The summed E-state index contributed by atoms with van der Waals surface area (Å²) in [6.45, 7) is 13.9. The molecular formula is C38H54N4O9. The van der Waals surface area contributed by atoms with Gasteiger partial charge >= 0.3 is 12.2 Å². The van der Waals surface area contributed by atoms with E-state index >= 15 is 0 Å². The second-order valence-corrected chi connectivity index (χ2v) is 15.7. The fourth-order valence-electron chi connectivity index (χ4n) is 7.75. The van der Waals surface area contributed by atoms with E-state index in [-0.39, 0.29) is 44.9 Å². The fraction of sp³-hybridized carbons (Fsp3) is 0.658. The molecule has 4 bridgehead atoms. The molecule has 0 radical (unpaired) electrons. The van der Waals surface area contributed by atoms with Gasteiger partial charge in [-0.05, 0) is 60.6 Å². The lowest BCUT2D eigenvalue weighted by molar-refractivity contribution is -0.159. The number of benzene rings is 1. The average molecular weight is 711 g/mol. The molecule has 3 aliphatic heterocycles. The zero-order valence-corrected chi connectivity index (χ0v) is 30.6. The maximum atomic E-state index is 14.4. The van der Waals surface area contributed by atoms with Gasteiger partial charge in [-0.1, -0.05) is 58.4 Å². The van der Waals surface area contributed by atoms with Gasteiger partial charge in [0.15, 0.2) is 5.79 Å². The Bertz CT molecular complexity index is 1510. The molecule has 1 saturated heterocycles. The third-order valence-corrected chi connectivity index (χ3v) is 10.8. The number of carbonyl (C=O) groups excluding carboxylic acids is 5. The van der Waals surface area contributed by atoms with E-state index in [1.807, 2.05) is 19.1 Å². The van der Waals surface area contributed by atoms with E-state index in [4.69, 9.17) is 14.2 Å². The van der Waals surface area contributed by atoms with Crippen LogP contribution in [0.3, 0.4) is 0 Å². The third kappa shape index (κ3) is 8.09. The van der Waals surface area contributed by atoms with E-state index in [0.29, 0.717) is 19.4 Å². The summed E-state index contributed by atoms with van der Waals surface area (Å²) in [5.74, 6) is -2.78. The Kier molecular flexibility index (Phi) is 11.5. The molecular weight excluding hydrogens is 656 g/mol. The maximum Gasteiger partial charge on any atom is 0.410 e. The SMILES string of the molecule is C=CCC(NC(=O)[C@@H]1C[C@@H]2CN1C(=O)[C@H](C(C)(C)C)NC(=O)OC[C@H](C)CCCCc1cccc3c1CN(C3)C(=O)O2)C1(C=O)CC1(O)OCC. The van der Waals surface area contributed by atoms with Crippen LogP contribution in [-0.4, -0.2) is 95.0 Å². The van der Waals surface area contributed by atoms with Crippen molar-refractivity contribution in [3.63, 3.8) is 0 Å². The molecule has 7 atom stereocenters. The highest BCUT2D eigenvalue weighted by atomic mass is 16.6. The van der Waals surface area contributed by atoms with E-state index in [1.54, 1.807) is 32.6 Å². The summed E-state index contributed by atoms with van der Waals surface area (Å²) < 4.78 is 17.1. The Morgan fingerprint density at radius 3 is 2.65 bits per heavy atom. The van der Waals surface area contributed by atoms with Crippen LogP contribution in [0.15, 0.2) is 30.9 Å². The molecule has 0 aromatic heterocycles. The summed E-state index contributed by atoms with van der Waals surface area (Å²) in [7, 11) is 0. The first-order valence-corrected chi connectivity index (χ1v) is 18.2. The average Bonchev–Trinajstić information content (AvgIpc) is 3.37. The minimum absolute atomic E-state index is 0.0135. The van der Waals surface area contributed by atoms with Crippen molar-refractivity contribution in [1.29, 1.82) is 0 Å². The first-order valence-electron chi connectivity index (χ1n) is 18.2. The third-order valence-electron chi connectivity index (χ3n) is 10.8. The monoisotopic (exact) mass is 710 g/mol. The van der Waals surface area contributed by atoms with Crippen molar-refractivity contribution in [1.82, 2.24) is 20.4 Å². The van der Waals surface area contributed by atoms with Crippen LogP contribution in [-0.2, 0) is 48.1 Å². The predicted octanol–water partition coefficient (Wildman–Crippen LogP) is 3.99. The van der Waals surface area contributed by atoms with E-state index in [9.17, 15) is 29.1 Å². The first kappa shape index (κ1) is 38.3. The number of ether oxygens (including phenoxy) is 3. The van der Waals surface area contributed by atoms with Gasteiger partial charge in [-0.3, -0.25) is 14.5 Å². The number of alkyl carbamates (subject to hydrolysis) is 1. The number of aliphatic hydroxyl groups is 1. The fourth-order valence-corrected chi connectivity index (χ4v) is 7.75. The van der Waals surface area contributed by atoms with Crippen LogP contribution < -0.4 is 10.6 Å². The molecule has 2 fully saturated rings. The van der Waals surface area contributed by atoms with Gasteiger partial charge in [-0.25, -0.2) is 9.59 Å². The number of fused-ring (bicyclic) bond motifs is 3. The topological polar surface area (TPSA) is 164 Å². The highest BCUT2D eigenvalue weighted by Crippen LogP contribution is 2.58. The van der Waals surface area contributed by atoms with Crippen LogP contribution in [0, 0.1) is 16.7 Å². The van der Waals surface area contributed by atoms with Gasteiger partial charge in [0.25, 0.3) is 0 Å². The number of aldehydes is 1. The summed E-state index contributed by atoms with van der Waals surface area (Å²) in [4.78, 5) is 70.7. The number of aryl methyl sites for hydroxylation is 1. The Hall–Kier alpha value is -3.97. The van der Waals surface area contributed by atoms with Gasteiger partial charge in [0, 0.05) is 38.6 Å². The first-order chi connectivity index (χ1) is 24.2. The standard InChI is InChI=1S/C38H54N4O9/c1-7-12-30(37(23-43)22-38(37,48)50-8-2)39-32(44)29-17-27-19-42(29)33(45)31(36(4,5)6)40-34(46)49-21-24(3)13-9-10-14-25-15-11-16-26-18-41(20-28(25)26)35(47)51-27/h7,11,15-16,23-24,27,29-31,48H,1,8-10,12-14,17-22H2,2-6H3,(H,39,44)(H,40,46)/t24-,27-,29+,30?,31-,37?,38?/m1/s1. The van der Waals surface area contributed by atoms with Crippen molar-refractivity contribution in [3.05, 3.63) is 47.5 Å². The molecule has 1 aromatic carbocycles. The van der Waals surface area contributed by atoms with E-state index in [0.717, 1.165) is 36.8 Å². The van der Waals surface area contributed by atoms with Crippen LogP contribution >= 0.6 is 0 Å². The normalized spacial score (nSPS) is 30.8. The van der Waals surface area contributed by atoms with Crippen molar-refractivity contribution < 1.29 is 43.3 Å². The van der Waals surface area contributed by atoms with Crippen LogP contribution in [0.25, 0.3) is 0 Å². The molecule has 3 N–H and O–H groups in total. The number of cyclic esters (lactones) is 1. The molecule has 1 saturated carbocycles. The van der Waals surface area contributed by atoms with Gasteiger partial charge in [0.2, 0.25) is 11.8 Å². The lowest BCUT2D eigenvalue weighted by Gasteiger charge is -2.35. The molecule has 13 nitrogen and oxygen atoms in total. The maximum absolute atomic E-state index is 14.4. The lowest BCUT2D eigenvalue weighted by atomic mass is 9.85. The van der Waals surface area contributed by atoms with E-state index in [1.165, 1.54) is 16.5 Å². The Labute approximate surface area is 300 Å². The van der Waals surface area contributed by atoms with Gasteiger partial charge in [0.05, 0.1) is 13.2 Å². The zero-order chi connectivity index (χ0) is 37.1. The molecule has 0 spiro atoms. The highest BCUT2D eigenvalue weighted by Gasteiger charge is 2.73. The molecule has 1 aromatic rings. The molecule has 5 rings (SSSR count). The van der Waals surface area contributed by atoms with Gasteiger partial charge in [0.1, 0.15) is 29.9 Å². The van der Waals surface area contributed by atoms with Gasteiger partial charge < -0.3 is 39.6 Å². The zero-order valence-electron chi connectivity index (χ0n) is 30.6. The molecule has 4 aliphatic rings. The van der Waals surface area contributed by atoms with Crippen molar-refractivity contribution in [3.8, 4) is 0 Å². The number of amides is 4. The lowest BCUT2D eigenvalue weighted by Crippen LogP contribution is -2.59. The van der Waals surface area contributed by atoms with Crippen LogP contribution in [0.4, 0.5) is 9.59 Å². The molecule has 3 heterocycles. The number of hydrogen-bond donors (Lipinski definition) is 3. The molecule has 4 amide bonds. The minimum atomic E-state index is -1.75. The number of nitrogens with zero attached hydrogens (tertiary/aromatic N) is 2. The van der Waals surface area contributed by atoms with E-state index < -0.39 is 64.8 Å². The summed E-state index contributed by atoms with van der Waals surface area (Å²) >= 11 is 0. The molecule has 13 heteroatoms.